The van der Waals surface area contributed by atoms with E-state index in [1.54, 1.807) is 6.07 Å². The van der Waals surface area contributed by atoms with Crippen molar-refractivity contribution < 1.29 is 9.53 Å². The number of H-pyrrole nitrogens is 1. The van der Waals surface area contributed by atoms with Crippen LogP contribution < -0.4 is 15.9 Å². The number of amides is 1. The first-order chi connectivity index (χ1) is 14.2. The molecule has 0 atom stereocenters. The molecule has 4 N–H and O–H groups in total. The third kappa shape index (κ3) is 4.04. The Hall–Kier alpha value is -3.46. The van der Waals surface area contributed by atoms with Crippen molar-refractivity contribution in [1.29, 1.82) is 0 Å². The van der Waals surface area contributed by atoms with E-state index in [1.165, 1.54) is 16.4 Å². The monoisotopic (exact) mass is 408 g/mol. The lowest BCUT2D eigenvalue weighted by Gasteiger charge is -2.10. The number of nitrogens with zero attached hydrogens (tertiary/aromatic N) is 3. The zero-order valence-corrected chi connectivity index (χ0v) is 16.6. The Labute approximate surface area is 171 Å². The van der Waals surface area contributed by atoms with Gasteiger partial charge in [-0.05, 0) is 31.2 Å². The molecule has 1 amide bonds. The summed E-state index contributed by atoms with van der Waals surface area (Å²) in [5.41, 5.74) is 2.39. The van der Waals surface area contributed by atoms with Crippen LogP contribution in [0.2, 0.25) is 0 Å². The number of carbonyl (C=O) groups is 1. The van der Waals surface area contributed by atoms with Gasteiger partial charge in [-0.15, -0.1) is 10.2 Å². The van der Waals surface area contributed by atoms with Gasteiger partial charge in [0.15, 0.2) is 5.82 Å². The van der Waals surface area contributed by atoms with Crippen molar-refractivity contribution in [2.24, 2.45) is 0 Å². The molecule has 0 aliphatic carbocycles. The molecule has 0 unspecified atom stereocenters. The number of nitrogens with one attached hydrogen (secondary N) is 2. The van der Waals surface area contributed by atoms with Gasteiger partial charge < -0.3 is 20.9 Å². The van der Waals surface area contributed by atoms with Gasteiger partial charge in [-0.25, -0.2) is 4.68 Å². The van der Waals surface area contributed by atoms with E-state index in [1.807, 2.05) is 55.5 Å². The molecule has 0 aliphatic rings. The topological polar surface area (TPSA) is 111 Å². The van der Waals surface area contributed by atoms with Crippen LogP contribution in [0.25, 0.3) is 22.4 Å². The fraction of sp³-hybridized carbons (Fsp3) is 0.150. The predicted octanol–water partition coefficient (Wildman–Crippen LogP) is 3.27. The maximum absolute atomic E-state index is 12.4. The van der Waals surface area contributed by atoms with Crippen molar-refractivity contribution in [3.05, 3.63) is 54.6 Å². The molecule has 0 spiro atoms. The number of thioether (sulfide) groups is 1. The van der Waals surface area contributed by atoms with Gasteiger partial charge >= 0.3 is 0 Å². The summed E-state index contributed by atoms with van der Waals surface area (Å²) in [6, 6.07) is 17.2. The van der Waals surface area contributed by atoms with E-state index in [4.69, 9.17) is 10.6 Å². The summed E-state index contributed by atoms with van der Waals surface area (Å²) in [6.45, 7) is 2.42. The van der Waals surface area contributed by atoms with Crippen molar-refractivity contribution in [1.82, 2.24) is 19.9 Å². The van der Waals surface area contributed by atoms with Crippen molar-refractivity contribution in [3.8, 4) is 17.3 Å². The van der Waals surface area contributed by atoms with Crippen LogP contribution in [0.5, 0.6) is 5.75 Å². The molecule has 0 aliphatic heterocycles. The minimum atomic E-state index is -0.183. The number of benzene rings is 2. The minimum absolute atomic E-state index is 0.141. The quantitative estimate of drug-likeness (QED) is 0.320. The first-order valence-electron chi connectivity index (χ1n) is 9.09. The van der Waals surface area contributed by atoms with E-state index in [9.17, 15) is 4.79 Å². The number of hydrogen-bond acceptors (Lipinski definition) is 6. The van der Waals surface area contributed by atoms with Crippen molar-refractivity contribution >= 4 is 34.3 Å². The average Bonchev–Trinajstić information content (AvgIpc) is 3.31. The highest BCUT2D eigenvalue weighted by Gasteiger charge is 2.16. The summed E-state index contributed by atoms with van der Waals surface area (Å²) >= 11 is 1.21. The number of aromatic nitrogens is 4. The Morgan fingerprint density at radius 2 is 2.00 bits per heavy atom. The fourth-order valence-electron chi connectivity index (χ4n) is 2.92. The molecule has 2 aromatic carbocycles. The van der Waals surface area contributed by atoms with E-state index in [2.05, 4.69) is 20.5 Å². The van der Waals surface area contributed by atoms with Gasteiger partial charge in [0.2, 0.25) is 11.1 Å². The van der Waals surface area contributed by atoms with E-state index >= 15 is 0 Å². The molecular weight excluding hydrogens is 388 g/mol. The van der Waals surface area contributed by atoms with Gasteiger partial charge in [-0.1, -0.05) is 42.1 Å². The number of nitrogens with two attached hydrogens (primary N) is 1. The van der Waals surface area contributed by atoms with Crippen LogP contribution in [-0.4, -0.2) is 38.1 Å². The number of anilines is 1. The highest BCUT2D eigenvalue weighted by molar-refractivity contribution is 7.99. The van der Waals surface area contributed by atoms with Crippen LogP contribution in [0.1, 0.15) is 6.92 Å². The molecule has 8 nitrogen and oxygen atoms in total. The number of carbonyl (C=O) groups excluding carboxylic acids is 1. The molecule has 0 fully saturated rings. The van der Waals surface area contributed by atoms with Crippen LogP contribution in [0, 0.1) is 0 Å². The molecule has 4 rings (SSSR count). The van der Waals surface area contributed by atoms with Gasteiger partial charge in [-0.3, -0.25) is 4.79 Å². The summed E-state index contributed by atoms with van der Waals surface area (Å²) in [5, 5.41) is 12.6. The molecule has 4 aromatic rings. The van der Waals surface area contributed by atoms with Crippen LogP contribution in [0.15, 0.2) is 59.8 Å². The SMILES string of the molecule is CCOc1ccccc1NC(=O)CSc1nnc(-c2cc3ccccc3[nH]2)n1N. The van der Waals surface area contributed by atoms with E-state index in [-0.39, 0.29) is 11.7 Å². The molecule has 2 aromatic heterocycles. The Kier molecular flexibility index (Phi) is 5.39. The van der Waals surface area contributed by atoms with Crippen molar-refractivity contribution in [2.45, 2.75) is 12.1 Å². The Balaban J connectivity index is 1.44. The van der Waals surface area contributed by atoms with Gasteiger partial charge in [0.25, 0.3) is 0 Å². The highest BCUT2D eigenvalue weighted by atomic mass is 32.2. The van der Waals surface area contributed by atoms with Gasteiger partial charge in [0.1, 0.15) is 5.75 Å². The fourth-order valence-corrected chi connectivity index (χ4v) is 3.58. The van der Waals surface area contributed by atoms with Gasteiger partial charge in [0.05, 0.1) is 23.7 Å². The third-order valence-corrected chi connectivity index (χ3v) is 5.17. The van der Waals surface area contributed by atoms with Crippen LogP contribution in [0.3, 0.4) is 0 Å². The lowest BCUT2D eigenvalue weighted by Crippen LogP contribution is -2.17. The van der Waals surface area contributed by atoms with E-state index in [0.717, 1.165) is 16.6 Å². The number of ether oxygens (including phenoxy) is 1. The lowest BCUT2D eigenvalue weighted by molar-refractivity contribution is -0.113. The highest BCUT2D eigenvalue weighted by Crippen LogP contribution is 2.26. The molecular formula is C20H20N6O2S. The van der Waals surface area contributed by atoms with E-state index < -0.39 is 0 Å². The zero-order valence-electron chi connectivity index (χ0n) is 15.8. The second-order valence-electron chi connectivity index (χ2n) is 6.21. The third-order valence-electron chi connectivity index (χ3n) is 4.23. The molecule has 0 radical (unpaired) electrons. The Morgan fingerprint density at radius 1 is 1.21 bits per heavy atom. The predicted molar refractivity (Wildman–Crippen MR) is 114 cm³/mol. The number of rotatable bonds is 7. The second kappa shape index (κ2) is 8.27. The largest absolute Gasteiger partial charge is 0.492 e. The number of para-hydroxylation sites is 3. The summed E-state index contributed by atoms with van der Waals surface area (Å²) in [4.78, 5) is 15.6. The van der Waals surface area contributed by atoms with Crippen LogP contribution in [0.4, 0.5) is 5.69 Å². The molecule has 2 heterocycles. The summed E-state index contributed by atoms with van der Waals surface area (Å²) < 4.78 is 6.91. The van der Waals surface area contributed by atoms with Gasteiger partial charge in [-0.2, -0.15) is 0 Å². The number of hydrogen-bond donors (Lipinski definition) is 3. The smallest absolute Gasteiger partial charge is 0.234 e. The summed E-state index contributed by atoms with van der Waals surface area (Å²) in [5.74, 6) is 7.26. The molecule has 9 heteroatoms. The number of fused-ring (bicyclic) bond motifs is 1. The maximum Gasteiger partial charge on any atom is 0.234 e. The number of aromatic amines is 1. The number of nitrogen functional groups attached to an aromatic ring is 1. The first-order valence-corrected chi connectivity index (χ1v) is 10.1. The van der Waals surface area contributed by atoms with Crippen molar-refractivity contribution in [2.75, 3.05) is 23.5 Å². The molecule has 0 saturated carbocycles. The maximum atomic E-state index is 12.4. The summed E-state index contributed by atoms with van der Waals surface area (Å²) in [7, 11) is 0. The normalized spacial score (nSPS) is 10.9. The van der Waals surface area contributed by atoms with E-state index in [0.29, 0.717) is 29.0 Å². The zero-order chi connectivity index (χ0) is 20.2. The standard InChI is InChI=1S/C20H20N6O2S/c1-2-28-17-10-6-5-9-15(17)23-18(27)12-29-20-25-24-19(26(20)21)16-11-13-7-3-4-8-14(13)22-16/h3-11,22H,2,12,21H2,1H3,(H,23,27). The molecule has 0 bridgehead atoms. The molecule has 29 heavy (non-hydrogen) atoms. The first kappa shape index (κ1) is 18.9. The lowest BCUT2D eigenvalue weighted by atomic mass is 10.2. The minimum Gasteiger partial charge on any atom is -0.492 e. The van der Waals surface area contributed by atoms with Crippen molar-refractivity contribution in [3.63, 3.8) is 0 Å². The summed E-state index contributed by atoms with van der Waals surface area (Å²) in [6.07, 6.45) is 0. The van der Waals surface area contributed by atoms with Gasteiger partial charge in [0, 0.05) is 10.9 Å². The Morgan fingerprint density at radius 3 is 2.83 bits per heavy atom. The van der Waals surface area contributed by atoms with Crippen LogP contribution in [-0.2, 0) is 4.79 Å². The average molecular weight is 408 g/mol. The molecule has 148 valence electrons. The second-order valence-corrected chi connectivity index (χ2v) is 7.15. The molecule has 0 saturated heterocycles. The van der Waals surface area contributed by atoms with Crippen LogP contribution >= 0.6 is 11.8 Å². The Bertz CT molecular complexity index is 1120.